The summed E-state index contributed by atoms with van der Waals surface area (Å²) in [6.07, 6.45) is 0.607. The second-order valence-electron chi connectivity index (χ2n) is 6.64. The first-order valence-electron chi connectivity index (χ1n) is 9.07. The van der Waals surface area contributed by atoms with Gasteiger partial charge in [-0.1, -0.05) is 12.1 Å². The van der Waals surface area contributed by atoms with Gasteiger partial charge in [-0.05, 0) is 30.2 Å². The number of carbonyl (C=O) groups excluding carboxylic acids is 1. The van der Waals surface area contributed by atoms with Gasteiger partial charge >= 0.3 is 0 Å². The van der Waals surface area contributed by atoms with E-state index in [4.69, 9.17) is 18.9 Å². The molecular weight excluding hydrogens is 362 g/mol. The van der Waals surface area contributed by atoms with Gasteiger partial charge in [0.15, 0.2) is 11.5 Å². The van der Waals surface area contributed by atoms with E-state index in [2.05, 4.69) is 16.2 Å². The van der Waals surface area contributed by atoms with Crippen LogP contribution in [0.2, 0.25) is 0 Å². The fraction of sp³-hybridized carbons (Fsp3) is 0.350. The van der Waals surface area contributed by atoms with Crippen LogP contribution in [-0.2, 0) is 11.3 Å². The maximum atomic E-state index is 12.6. The number of carbonyl (C=O) groups is 1. The number of amides is 1. The van der Waals surface area contributed by atoms with Crippen LogP contribution >= 0.6 is 0 Å². The summed E-state index contributed by atoms with van der Waals surface area (Å²) in [6, 6.07) is 10.9. The average Bonchev–Trinajstić information content (AvgIpc) is 3.40. The van der Waals surface area contributed by atoms with Crippen LogP contribution in [0.1, 0.15) is 23.6 Å². The van der Waals surface area contributed by atoms with Gasteiger partial charge in [-0.3, -0.25) is 4.79 Å². The van der Waals surface area contributed by atoms with Gasteiger partial charge in [-0.15, -0.1) is 0 Å². The minimum Gasteiger partial charge on any atom is -0.497 e. The molecule has 2 heterocycles. The Bertz CT molecular complexity index is 873. The second kappa shape index (κ2) is 7.95. The summed E-state index contributed by atoms with van der Waals surface area (Å²) in [4.78, 5) is 12.6. The third-order valence-electron chi connectivity index (χ3n) is 4.94. The van der Waals surface area contributed by atoms with E-state index in [9.17, 15) is 4.79 Å². The zero-order valence-corrected chi connectivity index (χ0v) is 15.8. The van der Waals surface area contributed by atoms with Crippen LogP contribution in [0.4, 0.5) is 0 Å². The number of hydrogen-bond acceptors (Lipinski definition) is 7. The summed E-state index contributed by atoms with van der Waals surface area (Å²) in [5.41, 5.74) is 8.18. The third-order valence-corrected chi connectivity index (χ3v) is 4.94. The molecule has 0 aliphatic carbocycles. The number of benzene rings is 2. The summed E-state index contributed by atoms with van der Waals surface area (Å²) in [5, 5.41) is 2.96. The van der Waals surface area contributed by atoms with E-state index < -0.39 is 0 Å². The minimum absolute atomic E-state index is 0.0397. The smallest absolute Gasteiger partial charge is 0.238 e. The fourth-order valence-electron chi connectivity index (χ4n) is 3.40. The van der Waals surface area contributed by atoms with E-state index in [0.29, 0.717) is 18.7 Å². The van der Waals surface area contributed by atoms with Crippen LogP contribution < -0.4 is 35.1 Å². The highest BCUT2D eigenvalue weighted by Gasteiger charge is 2.31. The molecule has 4 rings (SSSR count). The number of methoxy groups -OCH3 is 2. The Balaban J connectivity index is 1.35. The van der Waals surface area contributed by atoms with Gasteiger partial charge in [-0.25, -0.2) is 10.9 Å². The Morgan fingerprint density at radius 3 is 2.79 bits per heavy atom. The first-order valence-corrected chi connectivity index (χ1v) is 9.07. The van der Waals surface area contributed by atoms with Gasteiger partial charge in [0.1, 0.15) is 17.5 Å². The normalized spacial score (nSPS) is 20.1. The summed E-state index contributed by atoms with van der Waals surface area (Å²) < 4.78 is 21.4. The zero-order chi connectivity index (χ0) is 19.5. The molecule has 0 bridgehead atoms. The molecule has 0 radical (unpaired) electrons. The highest BCUT2D eigenvalue weighted by molar-refractivity contribution is 5.82. The lowest BCUT2D eigenvalue weighted by molar-refractivity contribution is -0.123. The molecule has 28 heavy (non-hydrogen) atoms. The van der Waals surface area contributed by atoms with Gasteiger partial charge in [0.25, 0.3) is 0 Å². The maximum absolute atomic E-state index is 12.6. The quantitative estimate of drug-likeness (QED) is 0.697. The highest BCUT2D eigenvalue weighted by Crippen LogP contribution is 2.34. The fourth-order valence-corrected chi connectivity index (χ4v) is 3.40. The molecule has 0 aromatic heterocycles. The molecule has 2 aliphatic rings. The molecule has 0 spiro atoms. The Morgan fingerprint density at radius 1 is 1.11 bits per heavy atom. The number of hydrazine groups is 1. The zero-order valence-electron chi connectivity index (χ0n) is 15.8. The van der Waals surface area contributed by atoms with Crippen molar-refractivity contribution in [1.29, 1.82) is 0 Å². The van der Waals surface area contributed by atoms with Crippen LogP contribution in [0.25, 0.3) is 0 Å². The van der Waals surface area contributed by atoms with Crippen LogP contribution in [0, 0.1) is 0 Å². The van der Waals surface area contributed by atoms with Crippen molar-refractivity contribution < 1.29 is 23.7 Å². The van der Waals surface area contributed by atoms with Crippen molar-refractivity contribution in [1.82, 2.24) is 16.2 Å². The third kappa shape index (κ3) is 3.69. The van der Waals surface area contributed by atoms with Gasteiger partial charge < -0.3 is 24.3 Å². The molecule has 8 nitrogen and oxygen atoms in total. The van der Waals surface area contributed by atoms with E-state index in [1.807, 2.05) is 36.4 Å². The predicted molar refractivity (Wildman–Crippen MR) is 101 cm³/mol. The van der Waals surface area contributed by atoms with Crippen molar-refractivity contribution in [2.75, 3.05) is 21.0 Å². The lowest BCUT2D eigenvalue weighted by Crippen LogP contribution is -2.42. The van der Waals surface area contributed by atoms with Crippen LogP contribution in [0.15, 0.2) is 36.4 Å². The number of rotatable bonds is 6. The van der Waals surface area contributed by atoms with Crippen molar-refractivity contribution in [2.45, 2.75) is 25.0 Å². The first-order chi connectivity index (χ1) is 13.7. The molecule has 0 saturated carbocycles. The van der Waals surface area contributed by atoms with Gasteiger partial charge in [0.2, 0.25) is 12.7 Å². The van der Waals surface area contributed by atoms with Gasteiger partial charge in [-0.2, -0.15) is 0 Å². The topological polar surface area (TPSA) is 90.1 Å². The second-order valence-corrected chi connectivity index (χ2v) is 6.64. The van der Waals surface area contributed by atoms with E-state index in [-0.39, 0.29) is 24.8 Å². The van der Waals surface area contributed by atoms with Crippen molar-refractivity contribution in [3.8, 4) is 23.0 Å². The molecule has 148 valence electrons. The molecule has 1 saturated heterocycles. The van der Waals surface area contributed by atoms with Crippen molar-refractivity contribution in [2.24, 2.45) is 0 Å². The highest BCUT2D eigenvalue weighted by atomic mass is 16.7. The number of ether oxygens (including phenoxy) is 4. The monoisotopic (exact) mass is 385 g/mol. The molecule has 2 unspecified atom stereocenters. The summed E-state index contributed by atoms with van der Waals surface area (Å²) in [5.74, 6) is 2.82. The molecule has 2 aromatic carbocycles. The lowest BCUT2D eigenvalue weighted by Gasteiger charge is -2.15. The summed E-state index contributed by atoms with van der Waals surface area (Å²) in [7, 11) is 3.24. The Kier molecular flexibility index (Phi) is 5.23. The minimum atomic E-state index is -0.342. The first kappa shape index (κ1) is 18.4. The Labute approximate surface area is 163 Å². The molecular formula is C20H23N3O5. The number of fused-ring (bicyclic) bond motifs is 1. The van der Waals surface area contributed by atoms with E-state index >= 15 is 0 Å². The van der Waals surface area contributed by atoms with Crippen molar-refractivity contribution in [3.05, 3.63) is 47.5 Å². The van der Waals surface area contributed by atoms with Crippen molar-refractivity contribution in [3.63, 3.8) is 0 Å². The molecule has 1 amide bonds. The number of hydrogen-bond donors (Lipinski definition) is 3. The lowest BCUT2D eigenvalue weighted by atomic mass is 10.0. The van der Waals surface area contributed by atoms with Crippen LogP contribution in [0.3, 0.4) is 0 Å². The predicted octanol–water partition coefficient (Wildman–Crippen LogP) is 1.66. The summed E-state index contributed by atoms with van der Waals surface area (Å²) in [6.45, 7) is 0.656. The van der Waals surface area contributed by atoms with E-state index in [1.54, 1.807) is 14.2 Å². The van der Waals surface area contributed by atoms with E-state index in [0.717, 1.165) is 28.4 Å². The largest absolute Gasteiger partial charge is 0.497 e. The van der Waals surface area contributed by atoms with Crippen LogP contribution in [0.5, 0.6) is 23.0 Å². The van der Waals surface area contributed by atoms with E-state index in [1.165, 1.54) is 0 Å². The SMILES string of the molecule is COc1ccc(C2CC(C(=O)NCc3ccc4c(c3)OCO4)NN2)c(OC)c1. The van der Waals surface area contributed by atoms with Gasteiger partial charge in [0.05, 0.1) is 20.3 Å². The molecule has 2 aliphatic heterocycles. The Hall–Kier alpha value is -2.97. The maximum Gasteiger partial charge on any atom is 0.238 e. The molecule has 3 N–H and O–H groups in total. The van der Waals surface area contributed by atoms with Gasteiger partial charge in [0, 0.05) is 18.2 Å². The average molecular weight is 385 g/mol. The summed E-state index contributed by atoms with van der Waals surface area (Å²) >= 11 is 0. The number of nitrogens with one attached hydrogen (secondary N) is 3. The molecule has 2 aromatic rings. The van der Waals surface area contributed by atoms with Crippen molar-refractivity contribution >= 4 is 5.91 Å². The molecule has 2 atom stereocenters. The Morgan fingerprint density at radius 2 is 1.96 bits per heavy atom. The molecule has 1 fully saturated rings. The standard InChI is InChI=1S/C20H23N3O5/c1-25-13-4-5-14(18(8-13)26-2)15-9-16(23-22-15)20(24)21-10-12-3-6-17-19(7-12)28-11-27-17/h3-8,15-16,22-23H,9-11H2,1-2H3,(H,21,24). The molecule has 8 heteroatoms. The van der Waals surface area contributed by atoms with Crippen LogP contribution in [-0.4, -0.2) is 33.0 Å².